The molecule has 3 aromatic rings. The number of likely N-dealkylation sites (tertiary alicyclic amines) is 1. The number of amides is 1. The second kappa shape index (κ2) is 9.77. The molecule has 1 N–H and O–H groups in total. The van der Waals surface area contributed by atoms with Gasteiger partial charge in [0.15, 0.2) is 0 Å². The molecule has 1 amide bonds. The zero-order valence-electron chi connectivity index (χ0n) is 16.5. The van der Waals surface area contributed by atoms with E-state index in [2.05, 4.69) is 28.4 Å². The lowest BCUT2D eigenvalue weighted by atomic mass is 9.99. The van der Waals surface area contributed by atoms with Gasteiger partial charge in [0.2, 0.25) is 0 Å². The second-order valence-electron chi connectivity index (χ2n) is 7.26. The van der Waals surface area contributed by atoms with Crippen molar-refractivity contribution in [1.82, 2.24) is 4.90 Å². The van der Waals surface area contributed by atoms with E-state index in [9.17, 15) is 4.79 Å². The Balaban J connectivity index is 1.54. The molecule has 1 saturated heterocycles. The maximum Gasteiger partial charge on any atom is 0.256 e. The predicted molar refractivity (Wildman–Crippen MR) is 123 cm³/mol. The number of para-hydroxylation sites is 1. The van der Waals surface area contributed by atoms with Gasteiger partial charge >= 0.3 is 0 Å². The summed E-state index contributed by atoms with van der Waals surface area (Å²) in [6, 6.07) is 25.9. The third-order valence-corrected chi connectivity index (χ3v) is 6.30. The lowest BCUT2D eigenvalue weighted by Crippen LogP contribution is -2.21. The van der Waals surface area contributed by atoms with Crippen LogP contribution in [0.25, 0.3) is 11.1 Å². The lowest BCUT2D eigenvalue weighted by Gasteiger charge is -2.16. The summed E-state index contributed by atoms with van der Waals surface area (Å²) in [5.74, 6) is 0.985. The summed E-state index contributed by atoms with van der Waals surface area (Å²) in [6.07, 6.45) is 2.65. The normalized spacial score (nSPS) is 14.1. The van der Waals surface area contributed by atoms with Crippen LogP contribution in [0.1, 0.15) is 23.2 Å². The molecule has 0 radical (unpaired) electrons. The van der Waals surface area contributed by atoms with E-state index in [4.69, 9.17) is 0 Å². The first-order valence-corrected chi connectivity index (χ1v) is 11.2. The minimum absolute atomic E-state index is 0.0799. The van der Waals surface area contributed by atoms with Gasteiger partial charge in [-0.05, 0) is 61.3 Å². The van der Waals surface area contributed by atoms with E-state index in [0.29, 0.717) is 5.56 Å². The first kappa shape index (κ1) is 19.7. The monoisotopic (exact) mass is 402 g/mol. The van der Waals surface area contributed by atoms with Crippen LogP contribution in [0.15, 0.2) is 83.8 Å². The number of nitrogens with one attached hydrogen (secondary N) is 1. The van der Waals surface area contributed by atoms with Crippen LogP contribution in [0.4, 0.5) is 5.69 Å². The fourth-order valence-electron chi connectivity index (χ4n) is 3.74. The summed E-state index contributed by atoms with van der Waals surface area (Å²) >= 11 is 1.88. The van der Waals surface area contributed by atoms with Crippen molar-refractivity contribution >= 4 is 23.4 Å². The summed E-state index contributed by atoms with van der Waals surface area (Å²) in [5.41, 5.74) is 3.60. The number of anilines is 1. The molecule has 148 valence electrons. The average Bonchev–Trinajstić information content (AvgIpc) is 3.28. The van der Waals surface area contributed by atoms with Crippen molar-refractivity contribution in [2.45, 2.75) is 17.7 Å². The average molecular weight is 403 g/mol. The molecule has 1 heterocycles. The third kappa shape index (κ3) is 5.08. The van der Waals surface area contributed by atoms with Gasteiger partial charge in [0.05, 0.1) is 0 Å². The molecule has 1 aliphatic heterocycles. The Kier molecular flexibility index (Phi) is 6.65. The highest BCUT2D eigenvalue weighted by atomic mass is 32.2. The summed E-state index contributed by atoms with van der Waals surface area (Å²) in [4.78, 5) is 16.7. The fraction of sp³-hybridized carbons (Fsp3) is 0.240. The van der Waals surface area contributed by atoms with E-state index in [1.54, 1.807) is 0 Å². The Labute approximate surface area is 177 Å². The highest BCUT2D eigenvalue weighted by Gasteiger charge is 2.16. The van der Waals surface area contributed by atoms with E-state index in [1.807, 2.05) is 72.4 Å². The maximum atomic E-state index is 13.0. The van der Waals surface area contributed by atoms with Crippen LogP contribution in [-0.2, 0) is 0 Å². The Morgan fingerprint density at radius 2 is 1.48 bits per heavy atom. The number of hydrogen-bond donors (Lipinski definition) is 1. The van der Waals surface area contributed by atoms with E-state index in [1.165, 1.54) is 30.8 Å². The molecule has 3 aromatic carbocycles. The van der Waals surface area contributed by atoms with Crippen molar-refractivity contribution in [3.05, 3.63) is 84.4 Å². The van der Waals surface area contributed by atoms with Crippen LogP contribution in [0.2, 0.25) is 0 Å². The third-order valence-electron chi connectivity index (χ3n) is 5.24. The van der Waals surface area contributed by atoms with Crippen molar-refractivity contribution in [1.29, 1.82) is 0 Å². The van der Waals surface area contributed by atoms with Gasteiger partial charge in [0.25, 0.3) is 5.91 Å². The first-order chi connectivity index (χ1) is 14.3. The van der Waals surface area contributed by atoms with Crippen molar-refractivity contribution in [2.75, 3.05) is 30.7 Å². The predicted octanol–water partition coefficient (Wildman–Crippen LogP) is 5.79. The van der Waals surface area contributed by atoms with Gasteiger partial charge < -0.3 is 10.2 Å². The Bertz CT molecular complexity index is 952. The Hall–Kier alpha value is -2.56. The molecule has 0 atom stereocenters. The van der Waals surface area contributed by atoms with Crippen molar-refractivity contribution in [3.63, 3.8) is 0 Å². The first-order valence-electron chi connectivity index (χ1n) is 10.2. The number of hydrogen-bond acceptors (Lipinski definition) is 3. The maximum absolute atomic E-state index is 13.0. The van der Waals surface area contributed by atoms with Crippen LogP contribution in [0, 0.1) is 0 Å². The molecule has 1 aliphatic rings. The molecular formula is C25H26N2OS. The summed E-state index contributed by atoms with van der Waals surface area (Å²) in [5, 5.41) is 3.02. The molecular weight excluding hydrogens is 376 g/mol. The molecule has 0 spiro atoms. The smallest absolute Gasteiger partial charge is 0.256 e. The van der Waals surface area contributed by atoms with E-state index >= 15 is 0 Å². The number of rotatable bonds is 7. The molecule has 0 unspecified atom stereocenters. The highest BCUT2D eigenvalue weighted by molar-refractivity contribution is 7.99. The Morgan fingerprint density at radius 3 is 2.28 bits per heavy atom. The molecule has 0 saturated carbocycles. The number of nitrogens with zero attached hydrogens (tertiary/aromatic N) is 1. The topological polar surface area (TPSA) is 32.3 Å². The largest absolute Gasteiger partial charge is 0.322 e. The van der Waals surface area contributed by atoms with Gasteiger partial charge in [-0.15, -0.1) is 11.8 Å². The van der Waals surface area contributed by atoms with E-state index < -0.39 is 0 Å². The van der Waals surface area contributed by atoms with Crippen LogP contribution in [-0.4, -0.2) is 36.2 Å². The standard InChI is InChI=1S/C25H26N2OS/c28-25(26-20-10-2-1-3-11-20)23-14-5-4-12-21(23)22-13-6-7-15-24(22)29-19-18-27-16-8-9-17-27/h1-7,10-15H,8-9,16-19H2,(H,26,28). The van der Waals surface area contributed by atoms with Gasteiger partial charge in [0, 0.05) is 28.4 Å². The molecule has 1 fully saturated rings. The summed E-state index contributed by atoms with van der Waals surface area (Å²) in [7, 11) is 0. The molecule has 4 rings (SSSR count). The van der Waals surface area contributed by atoms with Crippen LogP contribution < -0.4 is 5.32 Å². The zero-order valence-corrected chi connectivity index (χ0v) is 17.3. The quantitative estimate of drug-likeness (QED) is 0.507. The summed E-state index contributed by atoms with van der Waals surface area (Å²) in [6.45, 7) is 3.57. The van der Waals surface area contributed by atoms with Gasteiger partial charge in [-0.25, -0.2) is 0 Å². The van der Waals surface area contributed by atoms with Gasteiger partial charge in [-0.3, -0.25) is 4.79 Å². The minimum atomic E-state index is -0.0799. The van der Waals surface area contributed by atoms with Crippen molar-refractivity contribution in [3.8, 4) is 11.1 Å². The lowest BCUT2D eigenvalue weighted by molar-refractivity contribution is 0.102. The molecule has 29 heavy (non-hydrogen) atoms. The fourth-order valence-corrected chi connectivity index (χ4v) is 4.82. The Morgan fingerprint density at radius 1 is 0.828 bits per heavy atom. The minimum Gasteiger partial charge on any atom is -0.322 e. The van der Waals surface area contributed by atoms with Crippen LogP contribution in [0.5, 0.6) is 0 Å². The molecule has 0 bridgehead atoms. The number of thioether (sulfide) groups is 1. The van der Waals surface area contributed by atoms with Gasteiger partial charge in [0.1, 0.15) is 0 Å². The van der Waals surface area contributed by atoms with Gasteiger partial charge in [-0.1, -0.05) is 54.6 Å². The SMILES string of the molecule is O=C(Nc1ccccc1)c1ccccc1-c1ccccc1SCCN1CCCC1. The molecule has 0 aliphatic carbocycles. The second-order valence-corrected chi connectivity index (χ2v) is 8.40. The number of benzene rings is 3. The van der Waals surface area contributed by atoms with E-state index in [0.717, 1.165) is 29.1 Å². The molecule has 4 heteroatoms. The van der Waals surface area contributed by atoms with Crippen molar-refractivity contribution < 1.29 is 4.79 Å². The highest BCUT2D eigenvalue weighted by Crippen LogP contribution is 2.34. The van der Waals surface area contributed by atoms with Crippen LogP contribution >= 0.6 is 11.8 Å². The number of carbonyl (C=O) groups is 1. The molecule has 0 aromatic heterocycles. The zero-order chi connectivity index (χ0) is 19.9. The van der Waals surface area contributed by atoms with Gasteiger partial charge in [-0.2, -0.15) is 0 Å². The number of carbonyl (C=O) groups excluding carboxylic acids is 1. The molecule has 3 nitrogen and oxygen atoms in total. The van der Waals surface area contributed by atoms with E-state index in [-0.39, 0.29) is 5.91 Å². The van der Waals surface area contributed by atoms with Crippen LogP contribution in [0.3, 0.4) is 0 Å². The summed E-state index contributed by atoms with van der Waals surface area (Å²) < 4.78 is 0. The van der Waals surface area contributed by atoms with Crippen molar-refractivity contribution in [2.24, 2.45) is 0 Å².